The molecule has 0 saturated heterocycles. The van der Waals surface area contributed by atoms with Crippen molar-refractivity contribution in [2.45, 2.75) is 25.5 Å². The minimum atomic E-state index is -3.65. The molecule has 0 aliphatic carbocycles. The molecule has 1 rings (SSSR count). The van der Waals surface area contributed by atoms with Crippen molar-refractivity contribution in [2.75, 3.05) is 4.72 Å². The van der Waals surface area contributed by atoms with Gasteiger partial charge in [0.05, 0.1) is 4.99 Å². The fourth-order valence-corrected chi connectivity index (χ4v) is 3.79. The molecular weight excluding hydrogens is 338 g/mol. The van der Waals surface area contributed by atoms with E-state index in [1.165, 1.54) is 6.20 Å². The molecule has 0 radical (unpaired) electrons. The molecule has 1 aromatic heterocycles. The molecule has 0 amide bonds. The average molecular weight is 352 g/mol. The Morgan fingerprint density at radius 3 is 2.72 bits per heavy atom. The van der Waals surface area contributed by atoms with Crippen LogP contribution in [0.4, 0.5) is 5.82 Å². The lowest BCUT2D eigenvalue weighted by atomic mass is 10.3. The predicted octanol–water partition coefficient (Wildman–Crippen LogP) is 1.96. The van der Waals surface area contributed by atoms with Gasteiger partial charge in [-0.1, -0.05) is 19.1 Å². The van der Waals surface area contributed by atoms with Crippen molar-refractivity contribution in [1.29, 1.82) is 0 Å². The number of sulfonamides is 1. The van der Waals surface area contributed by atoms with Gasteiger partial charge >= 0.3 is 0 Å². The second-order valence-electron chi connectivity index (χ2n) is 3.77. The number of nitrogens with zero attached hydrogens (tertiary/aromatic N) is 1. The molecule has 1 unspecified atom stereocenters. The first-order chi connectivity index (χ1) is 8.27. The van der Waals surface area contributed by atoms with E-state index >= 15 is 0 Å². The van der Waals surface area contributed by atoms with Crippen LogP contribution >= 0.6 is 28.1 Å². The number of halogens is 1. The maximum absolute atomic E-state index is 12.1. The van der Waals surface area contributed by atoms with Gasteiger partial charge in [0.1, 0.15) is 11.1 Å². The number of aromatic nitrogens is 1. The van der Waals surface area contributed by atoms with Crippen LogP contribution in [0.1, 0.15) is 18.9 Å². The highest BCUT2D eigenvalue weighted by Gasteiger charge is 2.27. The number of aryl methyl sites for hydroxylation is 1. The average Bonchev–Trinajstić information content (AvgIpc) is 2.22. The molecule has 100 valence electrons. The number of pyridine rings is 1. The molecule has 0 spiro atoms. The fraction of sp³-hybridized carbons (Fsp3) is 0.400. The van der Waals surface area contributed by atoms with Crippen molar-refractivity contribution in [1.82, 2.24) is 4.98 Å². The summed E-state index contributed by atoms with van der Waals surface area (Å²) in [6.45, 7) is 3.47. The summed E-state index contributed by atoms with van der Waals surface area (Å²) in [7, 11) is -3.65. The molecule has 3 N–H and O–H groups in total. The van der Waals surface area contributed by atoms with Crippen molar-refractivity contribution in [2.24, 2.45) is 5.73 Å². The second kappa shape index (κ2) is 5.94. The Morgan fingerprint density at radius 2 is 2.28 bits per heavy atom. The van der Waals surface area contributed by atoms with Gasteiger partial charge in [-0.25, -0.2) is 13.4 Å². The summed E-state index contributed by atoms with van der Waals surface area (Å²) < 4.78 is 27.4. The molecule has 18 heavy (non-hydrogen) atoms. The first-order valence-corrected chi connectivity index (χ1v) is 7.95. The molecule has 0 bridgehead atoms. The van der Waals surface area contributed by atoms with Crippen LogP contribution in [0.5, 0.6) is 0 Å². The standard InChI is InChI=1S/C10H14BrN3O2S2/c1-3-8(9(12)17)18(15,16)14-10-6(2)4-7(11)5-13-10/h4-5,8H,3H2,1-2H3,(H2,12,17)(H,13,14). The lowest BCUT2D eigenvalue weighted by Crippen LogP contribution is -2.37. The van der Waals surface area contributed by atoms with Gasteiger partial charge in [0.2, 0.25) is 10.0 Å². The van der Waals surface area contributed by atoms with E-state index in [1.54, 1.807) is 19.9 Å². The number of anilines is 1. The first-order valence-electron chi connectivity index (χ1n) is 5.21. The predicted molar refractivity (Wildman–Crippen MR) is 80.1 cm³/mol. The molecule has 1 heterocycles. The Kier molecular flexibility index (Phi) is 5.06. The van der Waals surface area contributed by atoms with Gasteiger partial charge in [-0.3, -0.25) is 4.72 Å². The normalized spacial score (nSPS) is 13.1. The lowest BCUT2D eigenvalue weighted by Gasteiger charge is -2.16. The Bertz CT molecular complexity index is 560. The Morgan fingerprint density at radius 1 is 1.67 bits per heavy atom. The number of hydrogen-bond donors (Lipinski definition) is 2. The van der Waals surface area contributed by atoms with Crippen LogP contribution in [-0.4, -0.2) is 23.6 Å². The van der Waals surface area contributed by atoms with E-state index in [-0.39, 0.29) is 10.8 Å². The zero-order valence-electron chi connectivity index (χ0n) is 9.97. The maximum Gasteiger partial charge on any atom is 0.243 e. The van der Waals surface area contributed by atoms with Crippen LogP contribution in [-0.2, 0) is 10.0 Å². The number of thiocarbonyl (C=S) groups is 1. The molecule has 8 heteroatoms. The van der Waals surface area contributed by atoms with Crippen LogP contribution < -0.4 is 10.5 Å². The highest BCUT2D eigenvalue weighted by Crippen LogP contribution is 2.19. The number of rotatable bonds is 5. The minimum Gasteiger partial charge on any atom is -0.392 e. The number of hydrogen-bond acceptors (Lipinski definition) is 4. The van der Waals surface area contributed by atoms with E-state index in [1.807, 2.05) is 0 Å². The van der Waals surface area contributed by atoms with Gasteiger partial charge in [0, 0.05) is 10.7 Å². The van der Waals surface area contributed by atoms with E-state index < -0.39 is 15.3 Å². The monoisotopic (exact) mass is 351 g/mol. The van der Waals surface area contributed by atoms with E-state index in [4.69, 9.17) is 18.0 Å². The van der Waals surface area contributed by atoms with Crippen LogP contribution in [0.2, 0.25) is 0 Å². The zero-order chi connectivity index (χ0) is 13.9. The molecule has 1 atom stereocenters. The summed E-state index contributed by atoms with van der Waals surface area (Å²) in [5, 5.41) is -0.891. The van der Waals surface area contributed by atoms with Crippen LogP contribution in [0.3, 0.4) is 0 Å². The van der Waals surface area contributed by atoms with Gasteiger partial charge in [-0.15, -0.1) is 0 Å². The van der Waals surface area contributed by atoms with E-state index in [2.05, 4.69) is 25.6 Å². The van der Waals surface area contributed by atoms with E-state index in [9.17, 15) is 8.42 Å². The van der Waals surface area contributed by atoms with Gasteiger partial charge in [-0.05, 0) is 40.9 Å². The highest BCUT2D eigenvalue weighted by molar-refractivity contribution is 9.10. The second-order valence-corrected chi connectivity index (χ2v) is 7.02. The molecule has 0 fully saturated rings. The van der Waals surface area contributed by atoms with Crippen molar-refractivity contribution >= 4 is 49.0 Å². The van der Waals surface area contributed by atoms with Crippen LogP contribution in [0.25, 0.3) is 0 Å². The molecule has 5 nitrogen and oxygen atoms in total. The summed E-state index contributed by atoms with van der Waals surface area (Å²) in [5.41, 5.74) is 6.15. The van der Waals surface area contributed by atoms with Crippen molar-refractivity contribution in [3.05, 3.63) is 22.3 Å². The minimum absolute atomic E-state index is 0.0419. The fourth-order valence-electron chi connectivity index (χ4n) is 1.43. The third kappa shape index (κ3) is 3.63. The zero-order valence-corrected chi connectivity index (χ0v) is 13.2. The number of nitrogens with one attached hydrogen (secondary N) is 1. The van der Waals surface area contributed by atoms with Crippen LogP contribution in [0, 0.1) is 6.92 Å². The molecule has 0 aromatic carbocycles. The van der Waals surface area contributed by atoms with Crippen molar-refractivity contribution in [3.63, 3.8) is 0 Å². The summed E-state index contributed by atoms with van der Waals surface area (Å²) in [6, 6.07) is 1.77. The lowest BCUT2D eigenvalue weighted by molar-refractivity contribution is 0.594. The van der Waals surface area contributed by atoms with E-state index in [0.717, 1.165) is 4.47 Å². The topological polar surface area (TPSA) is 85.1 Å². The Hall–Kier alpha value is -0.730. The summed E-state index contributed by atoms with van der Waals surface area (Å²) in [6.07, 6.45) is 1.84. The van der Waals surface area contributed by atoms with E-state index in [0.29, 0.717) is 12.0 Å². The van der Waals surface area contributed by atoms with Gasteiger partial charge in [0.25, 0.3) is 0 Å². The highest BCUT2D eigenvalue weighted by atomic mass is 79.9. The molecule has 0 aliphatic rings. The third-order valence-corrected chi connectivity index (χ3v) is 5.03. The van der Waals surface area contributed by atoms with Gasteiger partial charge < -0.3 is 5.73 Å². The van der Waals surface area contributed by atoms with Gasteiger partial charge in [-0.2, -0.15) is 0 Å². The van der Waals surface area contributed by atoms with Crippen molar-refractivity contribution in [3.8, 4) is 0 Å². The van der Waals surface area contributed by atoms with Crippen molar-refractivity contribution < 1.29 is 8.42 Å². The molecular formula is C10H14BrN3O2S2. The summed E-state index contributed by atoms with van der Waals surface area (Å²) >= 11 is 8.03. The molecule has 1 aromatic rings. The largest absolute Gasteiger partial charge is 0.392 e. The number of nitrogens with two attached hydrogens (primary N) is 1. The smallest absolute Gasteiger partial charge is 0.243 e. The Balaban J connectivity index is 3.05. The quantitative estimate of drug-likeness (QED) is 0.792. The molecule has 0 saturated carbocycles. The third-order valence-electron chi connectivity index (χ3n) is 2.35. The first kappa shape index (κ1) is 15.3. The SMILES string of the molecule is CCC(C(N)=S)S(=O)(=O)Nc1ncc(Br)cc1C. The maximum atomic E-state index is 12.1. The van der Waals surface area contributed by atoms with Gasteiger partial charge in [0.15, 0.2) is 0 Å². The summed E-state index contributed by atoms with van der Waals surface area (Å²) in [5.74, 6) is 0.285. The van der Waals surface area contributed by atoms with Crippen LogP contribution in [0.15, 0.2) is 16.7 Å². The molecule has 0 aliphatic heterocycles. The Labute approximate surface area is 120 Å². The summed E-state index contributed by atoms with van der Waals surface area (Å²) in [4.78, 5) is 3.98.